The third kappa shape index (κ3) is 2.62. The normalized spacial score (nSPS) is 11.8. The average molecular weight is 293 g/mol. The van der Waals surface area contributed by atoms with Crippen molar-refractivity contribution in [2.75, 3.05) is 5.73 Å². The predicted octanol–water partition coefficient (Wildman–Crippen LogP) is 3.51. The fourth-order valence-electron chi connectivity index (χ4n) is 2.11. The topological polar surface area (TPSA) is 53.1 Å². The highest BCUT2D eigenvalue weighted by atomic mass is 19.4. The van der Waals surface area contributed by atoms with E-state index in [9.17, 15) is 13.2 Å². The lowest BCUT2D eigenvalue weighted by atomic mass is 10.2. The fourth-order valence-corrected chi connectivity index (χ4v) is 2.11. The van der Waals surface area contributed by atoms with Crippen LogP contribution in [0.25, 0.3) is 16.7 Å². The Morgan fingerprint density at radius 3 is 2.33 bits per heavy atom. The van der Waals surface area contributed by atoms with Gasteiger partial charge in [-0.05, 0) is 36.4 Å². The van der Waals surface area contributed by atoms with Crippen molar-refractivity contribution in [3.8, 4) is 11.4 Å². The number of para-hydroxylation sites is 2. The summed E-state index contributed by atoms with van der Waals surface area (Å²) in [4.78, 5) is 4.20. The number of anilines is 1. The van der Waals surface area contributed by atoms with E-state index in [0.29, 0.717) is 11.2 Å². The summed E-state index contributed by atoms with van der Waals surface area (Å²) in [5.74, 6) is -0.0186. The summed E-state index contributed by atoms with van der Waals surface area (Å²) < 4.78 is 41.9. The molecule has 3 aromatic rings. The van der Waals surface area contributed by atoms with E-state index >= 15 is 0 Å². The van der Waals surface area contributed by atoms with Crippen LogP contribution in [0, 0.1) is 0 Å². The molecule has 0 atom stereocenters. The number of aromatic nitrogens is 2. The summed E-state index contributed by atoms with van der Waals surface area (Å²) in [5, 5.41) is 0. The number of nitrogens with zero attached hydrogens (tertiary/aromatic N) is 2. The SMILES string of the molecule is Nc1nc2ccccc2n1-c1ccc(OC(F)(F)F)cc1. The van der Waals surface area contributed by atoms with Crippen LogP contribution in [0.3, 0.4) is 0 Å². The van der Waals surface area contributed by atoms with Gasteiger partial charge in [0, 0.05) is 5.69 Å². The minimum Gasteiger partial charge on any atom is -0.406 e. The lowest BCUT2D eigenvalue weighted by molar-refractivity contribution is -0.274. The highest BCUT2D eigenvalue weighted by Gasteiger charge is 2.31. The van der Waals surface area contributed by atoms with Crippen LogP contribution in [0.1, 0.15) is 0 Å². The monoisotopic (exact) mass is 293 g/mol. The third-order valence-electron chi connectivity index (χ3n) is 2.92. The highest BCUT2D eigenvalue weighted by molar-refractivity contribution is 5.80. The van der Waals surface area contributed by atoms with E-state index in [1.165, 1.54) is 24.3 Å². The second-order valence-electron chi connectivity index (χ2n) is 4.34. The molecule has 1 aromatic heterocycles. The molecule has 0 aliphatic heterocycles. The molecule has 3 rings (SSSR count). The molecule has 0 aliphatic carbocycles. The summed E-state index contributed by atoms with van der Waals surface area (Å²) in [7, 11) is 0. The van der Waals surface area contributed by atoms with Crippen LogP contribution >= 0.6 is 0 Å². The molecule has 21 heavy (non-hydrogen) atoms. The number of benzene rings is 2. The van der Waals surface area contributed by atoms with Crippen LogP contribution in [0.5, 0.6) is 5.75 Å². The Hall–Kier alpha value is -2.70. The molecule has 0 saturated heterocycles. The first-order valence-corrected chi connectivity index (χ1v) is 6.03. The van der Waals surface area contributed by atoms with Crippen molar-refractivity contribution in [1.29, 1.82) is 0 Å². The molecule has 108 valence electrons. The van der Waals surface area contributed by atoms with Gasteiger partial charge in [0.1, 0.15) is 5.75 Å². The van der Waals surface area contributed by atoms with Gasteiger partial charge in [-0.1, -0.05) is 12.1 Å². The van der Waals surface area contributed by atoms with Gasteiger partial charge < -0.3 is 10.5 Å². The van der Waals surface area contributed by atoms with Gasteiger partial charge in [-0.3, -0.25) is 4.57 Å². The third-order valence-corrected chi connectivity index (χ3v) is 2.92. The first-order chi connectivity index (χ1) is 9.94. The van der Waals surface area contributed by atoms with Crippen LogP contribution in [0.2, 0.25) is 0 Å². The van der Waals surface area contributed by atoms with E-state index in [2.05, 4.69) is 9.72 Å². The molecule has 7 heteroatoms. The number of ether oxygens (including phenoxy) is 1. The second kappa shape index (κ2) is 4.69. The maximum absolute atomic E-state index is 12.1. The molecule has 0 saturated carbocycles. The van der Waals surface area contributed by atoms with E-state index in [1.54, 1.807) is 4.57 Å². The van der Waals surface area contributed by atoms with Gasteiger partial charge in [0.15, 0.2) is 0 Å². The Bertz CT molecular complexity index is 778. The fraction of sp³-hybridized carbons (Fsp3) is 0.0714. The first kappa shape index (κ1) is 13.3. The number of nitrogens with two attached hydrogens (primary N) is 1. The molecular formula is C14H10F3N3O. The van der Waals surface area contributed by atoms with E-state index in [-0.39, 0.29) is 11.7 Å². The molecule has 1 heterocycles. The Balaban J connectivity index is 2.01. The molecule has 0 spiro atoms. The predicted molar refractivity (Wildman–Crippen MR) is 72.2 cm³/mol. The maximum Gasteiger partial charge on any atom is 0.573 e. The molecule has 0 aliphatic rings. The van der Waals surface area contributed by atoms with Gasteiger partial charge in [-0.25, -0.2) is 4.98 Å². The van der Waals surface area contributed by atoms with Gasteiger partial charge in [0.25, 0.3) is 0 Å². The van der Waals surface area contributed by atoms with Crippen LogP contribution in [-0.4, -0.2) is 15.9 Å². The first-order valence-electron chi connectivity index (χ1n) is 6.03. The summed E-state index contributed by atoms with van der Waals surface area (Å²) in [5.41, 5.74) is 7.96. The van der Waals surface area contributed by atoms with Gasteiger partial charge >= 0.3 is 6.36 Å². The minimum atomic E-state index is -4.71. The van der Waals surface area contributed by atoms with Crippen LogP contribution in [0.15, 0.2) is 48.5 Å². The lowest BCUT2D eigenvalue weighted by Crippen LogP contribution is -2.17. The number of hydrogen-bond donors (Lipinski definition) is 1. The van der Waals surface area contributed by atoms with E-state index in [4.69, 9.17) is 5.73 Å². The van der Waals surface area contributed by atoms with Crippen molar-refractivity contribution in [2.24, 2.45) is 0 Å². The summed E-state index contributed by atoms with van der Waals surface area (Å²) in [6.45, 7) is 0. The van der Waals surface area contributed by atoms with Crippen LogP contribution in [-0.2, 0) is 0 Å². The molecule has 4 nitrogen and oxygen atoms in total. The molecule has 0 radical (unpaired) electrons. The Kier molecular flexibility index (Phi) is 2.97. The summed E-state index contributed by atoms with van der Waals surface area (Å²) in [6.07, 6.45) is -4.71. The van der Waals surface area contributed by atoms with Crippen molar-refractivity contribution >= 4 is 17.0 Å². The molecule has 2 aromatic carbocycles. The standard InChI is InChI=1S/C14H10F3N3O/c15-14(16,17)21-10-7-5-9(6-8-10)20-12-4-2-1-3-11(12)19-13(20)18/h1-8H,(H2,18,19). The van der Waals surface area contributed by atoms with Crippen molar-refractivity contribution in [3.05, 3.63) is 48.5 Å². The Morgan fingerprint density at radius 1 is 1.00 bits per heavy atom. The van der Waals surface area contributed by atoms with Gasteiger partial charge in [-0.15, -0.1) is 13.2 Å². The molecule has 0 unspecified atom stereocenters. The van der Waals surface area contributed by atoms with Crippen molar-refractivity contribution in [3.63, 3.8) is 0 Å². The number of hydrogen-bond acceptors (Lipinski definition) is 3. The summed E-state index contributed by atoms with van der Waals surface area (Å²) >= 11 is 0. The number of alkyl halides is 3. The quantitative estimate of drug-likeness (QED) is 0.786. The molecule has 0 bridgehead atoms. The number of rotatable bonds is 2. The zero-order valence-corrected chi connectivity index (χ0v) is 10.6. The second-order valence-corrected chi connectivity index (χ2v) is 4.34. The van der Waals surface area contributed by atoms with E-state index < -0.39 is 6.36 Å². The van der Waals surface area contributed by atoms with E-state index in [1.807, 2.05) is 24.3 Å². The van der Waals surface area contributed by atoms with Crippen molar-refractivity contribution in [1.82, 2.24) is 9.55 Å². The Morgan fingerprint density at radius 2 is 1.67 bits per heavy atom. The minimum absolute atomic E-state index is 0.265. The smallest absolute Gasteiger partial charge is 0.406 e. The zero-order chi connectivity index (χ0) is 15.0. The summed E-state index contributed by atoms with van der Waals surface area (Å²) in [6, 6.07) is 12.8. The molecular weight excluding hydrogens is 283 g/mol. The number of halogens is 3. The molecule has 0 fully saturated rings. The largest absolute Gasteiger partial charge is 0.573 e. The zero-order valence-electron chi connectivity index (χ0n) is 10.6. The number of fused-ring (bicyclic) bond motifs is 1. The average Bonchev–Trinajstić information content (AvgIpc) is 2.74. The molecule has 2 N–H and O–H groups in total. The van der Waals surface area contributed by atoms with Crippen LogP contribution < -0.4 is 10.5 Å². The van der Waals surface area contributed by atoms with Gasteiger partial charge in [0.05, 0.1) is 11.0 Å². The Labute approximate surface area is 117 Å². The molecule has 0 amide bonds. The highest BCUT2D eigenvalue weighted by Crippen LogP contribution is 2.26. The maximum atomic E-state index is 12.1. The number of nitrogen functional groups attached to an aromatic ring is 1. The van der Waals surface area contributed by atoms with Gasteiger partial charge in [-0.2, -0.15) is 0 Å². The van der Waals surface area contributed by atoms with Crippen LogP contribution in [0.4, 0.5) is 19.1 Å². The van der Waals surface area contributed by atoms with E-state index in [0.717, 1.165) is 5.52 Å². The van der Waals surface area contributed by atoms with Crippen molar-refractivity contribution < 1.29 is 17.9 Å². The van der Waals surface area contributed by atoms with Gasteiger partial charge in [0.2, 0.25) is 5.95 Å². The number of imidazole rings is 1. The lowest BCUT2D eigenvalue weighted by Gasteiger charge is -2.10. The van der Waals surface area contributed by atoms with Crippen molar-refractivity contribution in [2.45, 2.75) is 6.36 Å².